The van der Waals surface area contributed by atoms with Crippen LogP contribution >= 0.6 is 23.2 Å². The summed E-state index contributed by atoms with van der Waals surface area (Å²) in [6.45, 7) is 1.86. The van der Waals surface area contributed by atoms with Crippen LogP contribution in [0.5, 0.6) is 0 Å². The first-order valence-corrected chi connectivity index (χ1v) is 3.93. The molecule has 0 aliphatic rings. The number of halogens is 2. The van der Waals surface area contributed by atoms with E-state index in [0.717, 1.165) is 5.56 Å². The zero-order valence-corrected chi connectivity index (χ0v) is 7.52. The van der Waals surface area contributed by atoms with Crippen LogP contribution in [0.25, 0.3) is 0 Å². The Labute approximate surface area is 75.3 Å². The van der Waals surface area contributed by atoms with E-state index < -0.39 is 0 Å². The Morgan fingerprint density at radius 3 is 2.64 bits per heavy atom. The molecule has 1 aromatic rings. The highest BCUT2D eigenvalue weighted by atomic mass is 35.5. The molecular formula is C7H8Cl2N2. The highest BCUT2D eigenvalue weighted by Gasteiger charge is 2.03. The van der Waals surface area contributed by atoms with E-state index in [1.54, 1.807) is 12.3 Å². The van der Waals surface area contributed by atoms with Gasteiger partial charge < -0.3 is 5.73 Å². The Morgan fingerprint density at radius 1 is 1.55 bits per heavy atom. The maximum Gasteiger partial charge on any atom is 0.147 e. The van der Waals surface area contributed by atoms with Crippen LogP contribution in [0.4, 0.5) is 0 Å². The lowest BCUT2D eigenvalue weighted by atomic mass is 10.2. The molecule has 0 aromatic carbocycles. The van der Waals surface area contributed by atoms with Crippen LogP contribution in [0.1, 0.15) is 18.5 Å². The minimum Gasteiger partial charge on any atom is -0.324 e. The average molecular weight is 191 g/mol. The largest absolute Gasteiger partial charge is 0.324 e. The van der Waals surface area contributed by atoms with Gasteiger partial charge in [-0.3, -0.25) is 0 Å². The topological polar surface area (TPSA) is 38.9 Å². The third-order valence-electron chi connectivity index (χ3n) is 1.34. The maximum atomic E-state index is 5.71. The van der Waals surface area contributed by atoms with E-state index in [9.17, 15) is 0 Å². The summed E-state index contributed by atoms with van der Waals surface area (Å²) in [6.07, 6.45) is 1.62. The van der Waals surface area contributed by atoms with Crippen LogP contribution in [0, 0.1) is 0 Å². The summed E-state index contributed by atoms with van der Waals surface area (Å²) in [6, 6.07) is 1.67. The Morgan fingerprint density at radius 2 is 2.18 bits per heavy atom. The molecule has 0 saturated carbocycles. The molecule has 0 saturated heterocycles. The van der Waals surface area contributed by atoms with Gasteiger partial charge in [0, 0.05) is 12.2 Å². The van der Waals surface area contributed by atoms with Crippen LogP contribution in [-0.2, 0) is 0 Å². The van der Waals surface area contributed by atoms with Crippen molar-refractivity contribution in [2.45, 2.75) is 13.0 Å². The van der Waals surface area contributed by atoms with Gasteiger partial charge in [0.15, 0.2) is 0 Å². The number of nitrogens with two attached hydrogens (primary N) is 1. The second kappa shape index (κ2) is 3.39. The summed E-state index contributed by atoms with van der Waals surface area (Å²) in [4.78, 5) is 3.85. The minimum atomic E-state index is -0.0581. The quantitative estimate of drug-likeness (QED) is 0.692. The van der Waals surface area contributed by atoms with E-state index >= 15 is 0 Å². The average Bonchev–Trinajstić information content (AvgIpc) is 1.94. The Bertz CT molecular complexity index is 261. The lowest BCUT2D eigenvalue weighted by molar-refractivity contribution is 0.812. The van der Waals surface area contributed by atoms with Crippen molar-refractivity contribution in [2.75, 3.05) is 0 Å². The van der Waals surface area contributed by atoms with Crippen molar-refractivity contribution in [2.24, 2.45) is 5.73 Å². The van der Waals surface area contributed by atoms with Gasteiger partial charge in [-0.15, -0.1) is 0 Å². The Kier molecular flexibility index (Phi) is 2.71. The van der Waals surface area contributed by atoms with Crippen molar-refractivity contribution in [3.63, 3.8) is 0 Å². The number of hydrogen-bond acceptors (Lipinski definition) is 2. The molecule has 0 bridgehead atoms. The third-order valence-corrected chi connectivity index (χ3v) is 2.03. The normalized spacial score (nSPS) is 13.1. The zero-order valence-electron chi connectivity index (χ0n) is 6.01. The third kappa shape index (κ3) is 2.06. The zero-order chi connectivity index (χ0) is 8.43. The van der Waals surface area contributed by atoms with Gasteiger partial charge in [0.25, 0.3) is 0 Å². The lowest BCUT2D eigenvalue weighted by Crippen LogP contribution is -2.05. The molecule has 60 valence electrons. The molecule has 1 rings (SSSR count). The van der Waals surface area contributed by atoms with Crippen molar-refractivity contribution >= 4 is 23.2 Å². The number of pyridine rings is 1. The monoisotopic (exact) mass is 190 g/mol. The molecular weight excluding hydrogens is 183 g/mol. The second-order valence-corrected chi connectivity index (χ2v) is 3.10. The molecule has 1 heterocycles. The molecule has 0 radical (unpaired) electrons. The van der Waals surface area contributed by atoms with Crippen molar-refractivity contribution in [3.05, 3.63) is 28.0 Å². The first-order valence-electron chi connectivity index (χ1n) is 3.18. The Balaban J connectivity index is 3.05. The molecule has 2 N–H and O–H groups in total. The van der Waals surface area contributed by atoms with Crippen LogP contribution in [0.15, 0.2) is 12.3 Å². The van der Waals surface area contributed by atoms with Crippen LogP contribution in [-0.4, -0.2) is 4.98 Å². The van der Waals surface area contributed by atoms with Crippen LogP contribution in [0.2, 0.25) is 10.2 Å². The highest BCUT2D eigenvalue weighted by Crippen LogP contribution is 2.21. The van der Waals surface area contributed by atoms with E-state index in [2.05, 4.69) is 4.98 Å². The van der Waals surface area contributed by atoms with Gasteiger partial charge in [-0.05, 0) is 18.6 Å². The molecule has 0 aliphatic heterocycles. The van der Waals surface area contributed by atoms with E-state index in [1.807, 2.05) is 6.92 Å². The van der Waals surface area contributed by atoms with Gasteiger partial charge in [0.05, 0.1) is 5.02 Å². The van der Waals surface area contributed by atoms with Crippen LogP contribution < -0.4 is 5.73 Å². The number of nitrogens with zero attached hydrogens (tertiary/aromatic N) is 1. The van der Waals surface area contributed by atoms with Gasteiger partial charge in [-0.1, -0.05) is 23.2 Å². The van der Waals surface area contributed by atoms with Crippen molar-refractivity contribution in [3.8, 4) is 0 Å². The predicted octanol–water partition coefficient (Wildman–Crippen LogP) is 2.41. The highest BCUT2D eigenvalue weighted by molar-refractivity contribution is 6.41. The SMILES string of the molecule is C[C@@H](N)c1cnc(Cl)c(Cl)c1. The standard InChI is InChI=1S/C7H8Cl2N2/c1-4(10)5-2-6(8)7(9)11-3-5/h2-4H,10H2,1H3/t4-/m1/s1. The fraction of sp³-hybridized carbons (Fsp3) is 0.286. The van der Waals surface area contributed by atoms with Gasteiger partial charge in [-0.25, -0.2) is 4.98 Å². The Hall–Kier alpha value is -0.310. The minimum absolute atomic E-state index is 0.0581. The number of hydrogen-bond donors (Lipinski definition) is 1. The summed E-state index contributed by atoms with van der Waals surface area (Å²) in [7, 11) is 0. The summed E-state index contributed by atoms with van der Waals surface area (Å²) in [5.74, 6) is 0. The van der Waals surface area contributed by atoms with Crippen molar-refractivity contribution in [1.82, 2.24) is 4.98 Å². The van der Waals surface area contributed by atoms with E-state index in [4.69, 9.17) is 28.9 Å². The first kappa shape index (κ1) is 8.78. The van der Waals surface area contributed by atoms with Gasteiger partial charge >= 0.3 is 0 Å². The van der Waals surface area contributed by atoms with E-state index in [1.165, 1.54) is 0 Å². The van der Waals surface area contributed by atoms with Crippen molar-refractivity contribution in [1.29, 1.82) is 0 Å². The van der Waals surface area contributed by atoms with Gasteiger partial charge in [0.1, 0.15) is 5.15 Å². The van der Waals surface area contributed by atoms with E-state index in [0.29, 0.717) is 10.2 Å². The molecule has 1 atom stereocenters. The van der Waals surface area contributed by atoms with Crippen molar-refractivity contribution < 1.29 is 0 Å². The molecule has 0 amide bonds. The lowest BCUT2D eigenvalue weighted by Gasteiger charge is -2.04. The summed E-state index contributed by atoms with van der Waals surface area (Å²) >= 11 is 11.3. The van der Waals surface area contributed by atoms with E-state index in [-0.39, 0.29) is 6.04 Å². The molecule has 1 aromatic heterocycles. The molecule has 11 heavy (non-hydrogen) atoms. The fourth-order valence-corrected chi connectivity index (χ4v) is 0.963. The summed E-state index contributed by atoms with van der Waals surface area (Å²) in [5.41, 5.74) is 6.48. The molecule has 0 unspecified atom stereocenters. The summed E-state index contributed by atoms with van der Waals surface area (Å²) in [5, 5.41) is 0.762. The second-order valence-electron chi connectivity index (χ2n) is 2.33. The van der Waals surface area contributed by atoms with Crippen LogP contribution in [0.3, 0.4) is 0 Å². The molecule has 2 nitrogen and oxygen atoms in total. The van der Waals surface area contributed by atoms with Gasteiger partial charge in [0.2, 0.25) is 0 Å². The predicted molar refractivity (Wildman–Crippen MR) is 46.9 cm³/mol. The first-order chi connectivity index (χ1) is 5.11. The molecule has 0 aliphatic carbocycles. The smallest absolute Gasteiger partial charge is 0.147 e. The molecule has 4 heteroatoms. The number of aromatic nitrogens is 1. The molecule has 0 spiro atoms. The maximum absolute atomic E-state index is 5.71. The number of rotatable bonds is 1. The fourth-order valence-electron chi connectivity index (χ4n) is 0.685. The van der Waals surface area contributed by atoms with Gasteiger partial charge in [-0.2, -0.15) is 0 Å². The summed E-state index contributed by atoms with van der Waals surface area (Å²) < 4.78 is 0. The molecule has 0 fully saturated rings.